The third kappa shape index (κ3) is 9.04. The number of nitro groups is 1. The van der Waals surface area contributed by atoms with E-state index in [-0.39, 0.29) is 56.5 Å². The zero-order valence-corrected chi connectivity index (χ0v) is 27.7. The Morgan fingerprint density at radius 3 is 1.76 bits per heavy atom. The first-order chi connectivity index (χ1) is 22.8. The van der Waals surface area contributed by atoms with E-state index in [1.165, 1.54) is 43.5 Å². The number of nitrogens with one attached hydrogen (secondary N) is 1. The van der Waals surface area contributed by atoms with Crippen LogP contribution in [0.1, 0.15) is 16.7 Å². The van der Waals surface area contributed by atoms with Crippen LogP contribution in [0, 0.1) is 21.9 Å². The number of anilines is 1. The maximum atomic E-state index is 13.1. The van der Waals surface area contributed by atoms with Gasteiger partial charge in [-0.2, -0.15) is 35.5 Å². The Kier molecular flexibility index (Phi) is 10.6. The summed E-state index contributed by atoms with van der Waals surface area (Å²) in [5.74, 6) is 0.117. The fourth-order valence-electron chi connectivity index (χ4n) is 4.50. The summed E-state index contributed by atoms with van der Waals surface area (Å²) in [5.41, 5.74) is 2.74. The van der Waals surface area contributed by atoms with Crippen LogP contribution in [0.4, 0.5) is 28.4 Å². The van der Waals surface area contributed by atoms with Gasteiger partial charge < -0.3 is 4.74 Å². The number of nitroso groups, excluding NO2 is 1. The van der Waals surface area contributed by atoms with Gasteiger partial charge in [-0.1, -0.05) is 12.1 Å². The smallest absolute Gasteiger partial charge is 0.295 e. The van der Waals surface area contributed by atoms with E-state index in [1.807, 2.05) is 0 Å². The topological polar surface area (TPSA) is 272 Å². The highest BCUT2D eigenvalue weighted by Gasteiger charge is 2.26. The van der Waals surface area contributed by atoms with Crippen molar-refractivity contribution in [1.29, 1.82) is 0 Å². The molecule has 0 atom stereocenters. The number of nitro benzene ring substituents is 1. The number of ether oxygens (including phenoxy) is 1. The number of hydrazine groups is 1. The van der Waals surface area contributed by atoms with E-state index >= 15 is 0 Å². The predicted octanol–water partition coefficient (Wildman–Crippen LogP) is 5.29. The number of methoxy groups -OCH3 is 1. The first kappa shape index (κ1) is 36.6. The summed E-state index contributed by atoms with van der Waals surface area (Å²) in [6.45, 7) is 1.64. The number of hydrogen-bond acceptors (Lipinski definition) is 12. The van der Waals surface area contributed by atoms with Crippen LogP contribution in [0.25, 0.3) is 0 Å². The Hall–Kier alpha value is -5.19. The second-order valence-electron chi connectivity index (χ2n) is 10.2. The molecule has 0 aliphatic heterocycles. The number of aryl methyl sites for hydroxylation is 3. The van der Waals surface area contributed by atoms with E-state index in [2.05, 4.69) is 15.7 Å². The molecule has 0 bridgehead atoms. The highest BCUT2D eigenvalue weighted by molar-refractivity contribution is 7.86. The van der Waals surface area contributed by atoms with Crippen LogP contribution in [-0.4, -0.2) is 55.8 Å². The van der Waals surface area contributed by atoms with Crippen molar-refractivity contribution in [3.63, 3.8) is 0 Å². The van der Waals surface area contributed by atoms with Crippen LogP contribution in [-0.2, 0) is 43.2 Å². The Balaban J connectivity index is 1.58. The van der Waals surface area contributed by atoms with Crippen molar-refractivity contribution in [2.75, 3.05) is 12.5 Å². The third-order valence-electron chi connectivity index (χ3n) is 6.91. The van der Waals surface area contributed by atoms with Crippen LogP contribution < -0.4 is 10.2 Å². The van der Waals surface area contributed by atoms with Crippen molar-refractivity contribution in [1.82, 2.24) is 0 Å². The molecular weight excluding hydrogens is 711 g/mol. The lowest BCUT2D eigenvalue weighted by molar-refractivity contribution is -0.428. The van der Waals surface area contributed by atoms with Gasteiger partial charge in [0.15, 0.2) is 4.87 Å². The lowest BCUT2D eigenvalue weighted by atomic mass is 10.0. The molecule has 258 valence electrons. The molecule has 0 saturated carbocycles. The fourth-order valence-corrected chi connectivity index (χ4v) is 6.52. The van der Waals surface area contributed by atoms with Gasteiger partial charge in [0.25, 0.3) is 41.7 Å². The number of rotatable bonds is 13. The van der Waals surface area contributed by atoms with Gasteiger partial charge >= 0.3 is 0 Å². The van der Waals surface area contributed by atoms with Crippen LogP contribution in [0.15, 0.2) is 97.7 Å². The molecule has 4 N–H and O–H groups in total. The zero-order chi connectivity index (χ0) is 36.3. The minimum Gasteiger partial charge on any atom is -0.494 e. The quantitative estimate of drug-likeness (QED) is 0.0446. The molecular formula is C28H26N5O13S3+. The van der Waals surface area contributed by atoms with Crippen molar-refractivity contribution in [2.24, 2.45) is 10.2 Å². The third-order valence-corrected chi connectivity index (χ3v) is 9.65. The Morgan fingerprint density at radius 1 is 0.735 bits per heavy atom. The number of azo groups is 1. The van der Waals surface area contributed by atoms with Crippen LogP contribution in [0.3, 0.4) is 0 Å². The van der Waals surface area contributed by atoms with Gasteiger partial charge in [-0.25, -0.2) is 0 Å². The maximum Gasteiger partial charge on any atom is 0.295 e. The summed E-state index contributed by atoms with van der Waals surface area (Å²) in [4.78, 5) is 21.8. The average Bonchev–Trinajstić information content (AvgIpc) is 3.02. The maximum absolute atomic E-state index is 13.1. The number of non-ortho nitro benzene ring substituents is 1. The minimum absolute atomic E-state index is 0.0324. The number of nitrogens with zero attached hydrogens (tertiary/aromatic N) is 4. The lowest BCUT2D eigenvalue weighted by Crippen LogP contribution is -2.13. The Labute approximate surface area is 279 Å². The van der Waals surface area contributed by atoms with Gasteiger partial charge in [-0.3, -0.25) is 23.8 Å². The molecule has 0 amide bonds. The fraction of sp³-hybridized carbons (Fsp3) is 0.143. The molecule has 0 aliphatic rings. The molecule has 4 rings (SSSR count). The number of benzene rings is 4. The number of hydrogen-bond donors (Lipinski definition) is 4. The first-order valence-electron chi connectivity index (χ1n) is 13.5. The molecule has 0 aliphatic carbocycles. The molecule has 0 radical (unpaired) electrons. The zero-order valence-electron chi connectivity index (χ0n) is 25.3. The van der Waals surface area contributed by atoms with Gasteiger partial charge in [0, 0.05) is 30.3 Å². The standard InChI is InChI=1S/C28H25N5O13S3/c1-17-13-25(26(46-2)16-24(17)30-29-20-7-11-23(12-8-20)47(37,38)39)31-32(34)21-9-5-18(27(14-21)48(40,41)42)3-4-19-6-10-22(33(35)36)15-28(19)49(43,44)45/h5-16H,3-4H2,1-2H3,(H3-,31,34,37,38,39,40,41,42,43,44,45)/p+1. The summed E-state index contributed by atoms with van der Waals surface area (Å²) >= 11 is 0. The molecule has 0 saturated heterocycles. The van der Waals surface area contributed by atoms with Crippen molar-refractivity contribution in [3.8, 4) is 5.75 Å². The van der Waals surface area contributed by atoms with Gasteiger partial charge in [0.2, 0.25) is 0 Å². The molecule has 4 aromatic rings. The van der Waals surface area contributed by atoms with Crippen LogP contribution >= 0.6 is 0 Å². The summed E-state index contributed by atoms with van der Waals surface area (Å²) in [6.07, 6.45) is -0.458. The summed E-state index contributed by atoms with van der Waals surface area (Å²) in [5, 5.41) is 19.2. The molecule has 49 heavy (non-hydrogen) atoms. The molecule has 0 heterocycles. The van der Waals surface area contributed by atoms with Crippen molar-refractivity contribution in [2.45, 2.75) is 34.5 Å². The van der Waals surface area contributed by atoms with E-state index in [9.17, 15) is 49.4 Å². The molecule has 21 heteroatoms. The minimum atomic E-state index is -4.93. The molecule has 18 nitrogen and oxygen atoms in total. The van der Waals surface area contributed by atoms with E-state index in [0.29, 0.717) is 17.3 Å². The predicted molar refractivity (Wildman–Crippen MR) is 172 cm³/mol. The lowest BCUT2D eigenvalue weighted by Gasteiger charge is -2.11. The second-order valence-corrected chi connectivity index (χ2v) is 14.4. The van der Waals surface area contributed by atoms with Gasteiger partial charge in [0.05, 0.1) is 33.2 Å². The van der Waals surface area contributed by atoms with Gasteiger partial charge in [-0.15, -0.1) is 5.43 Å². The van der Waals surface area contributed by atoms with E-state index in [0.717, 1.165) is 30.3 Å². The van der Waals surface area contributed by atoms with Crippen molar-refractivity contribution >= 4 is 58.8 Å². The molecule has 0 aromatic heterocycles. The summed E-state index contributed by atoms with van der Waals surface area (Å²) in [7, 11) is -12.9. The van der Waals surface area contributed by atoms with Crippen molar-refractivity contribution < 1.29 is 53.4 Å². The Morgan fingerprint density at radius 2 is 1.27 bits per heavy atom. The Bertz CT molecular complexity index is 2330. The van der Waals surface area contributed by atoms with E-state index < -0.39 is 50.8 Å². The van der Waals surface area contributed by atoms with Crippen molar-refractivity contribution in [3.05, 3.63) is 105 Å². The highest BCUT2D eigenvalue weighted by Crippen LogP contribution is 2.35. The SMILES string of the molecule is COc1cc(N=Nc2ccc(S(=O)(=O)O)cc2)c(C)cc1N[N+](=O)c1ccc(CCc2ccc([N+](=O)[O-])cc2S(=O)(=O)O)c(S(=O)(=O)O)c1. The van der Waals surface area contributed by atoms with E-state index in [1.54, 1.807) is 6.92 Å². The van der Waals surface area contributed by atoms with E-state index in [4.69, 9.17) is 9.29 Å². The summed E-state index contributed by atoms with van der Waals surface area (Å²) in [6, 6.07) is 13.9. The molecule has 4 aromatic carbocycles. The normalized spacial score (nSPS) is 12.2. The monoisotopic (exact) mass is 736 g/mol. The highest BCUT2D eigenvalue weighted by atomic mass is 32.2. The first-order valence-corrected chi connectivity index (χ1v) is 17.9. The average molecular weight is 737 g/mol. The second kappa shape index (κ2) is 14.1. The molecule has 0 fully saturated rings. The van der Waals surface area contributed by atoms with Gasteiger partial charge in [0.1, 0.15) is 21.2 Å². The molecule has 0 unspecified atom stereocenters. The molecule has 0 spiro atoms. The summed E-state index contributed by atoms with van der Waals surface area (Å²) < 4.78 is 105. The van der Waals surface area contributed by atoms with Crippen LogP contribution in [0.5, 0.6) is 5.75 Å². The van der Waals surface area contributed by atoms with Gasteiger partial charge in [-0.05, 0) is 66.8 Å². The van der Waals surface area contributed by atoms with Crippen LogP contribution in [0.2, 0.25) is 0 Å². The largest absolute Gasteiger partial charge is 0.494 e.